The smallest absolute Gasteiger partial charge is 0.399 e. The van der Waals surface area contributed by atoms with Gasteiger partial charge in [-0.1, -0.05) is 13.8 Å². The van der Waals surface area contributed by atoms with Gasteiger partial charge < -0.3 is 19.1 Å². The average molecular weight is 351 g/mol. The van der Waals surface area contributed by atoms with Gasteiger partial charge in [0.15, 0.2) is 5.13 Å². The fraction of sp³-hybridized carbons (Fsp3) is 0.824. The number of thiazole rings is 1. The van der Waals surface area contributed by atoms with Gasteiger partial charge in [-0.2, -0.15) is 0 Å². The summed E-state index contributed by atoms with van der Waals surface area (Å²) in [6.07, 6.45) is 0. The molecule has 3 heterocycles. The lowest BCUT2D eigenvalue weighted by Crippen LogP contribution is -2.44. The average Bonchev–Trinajstić information content (AvgIpc) is 2.99. The number of piperazine rings is 1. The van der Waals surface area contributed by atoms with Crippen molar-refractivity contribution in [2.24, 2.45) is 0 Å². The molecule has 0 aromatic carbocycles. The molecule has 5 nitrogen and oxygen atoms in total. The van der Waals surface area contributed by atoms with E-state index in [1.807, 2.05) is 0 Å². The predicted octanol–water partition coefficient (Wildman–Crippen LogP) is 2.32. The Hall–Kier alpha value is -0.625. The summed E-state index contributed by atoms with van der Waals surface area (Å²) in [4.78, 5) is 9.72. The molecule has 3 rings (SSSR count). The molecule has 0 bridgehead atoms. The number of nitrogens with zero attached hydrogens (tertiary/aromatic N) is 3. The summed E-state index contributed by atoms with van der Waals surface area (Å²) >= 11 is 1.74. The molecule has 1 aromatic heterocycles. The highest BCUT2D eigenvalue weighted by Gasteiger charge is 2.53. The Bertz CT molecular complexity index is 579. The molecule has 1 aromatic rings. The number of likely N-dealkylation sites (N-methyl/N-ethyl adjacent to an activating group) is 1. The molecule has 24 heavy (non-hydrogen) atoms. The van der Waals surface area contributed by atoms with Gasteiger partial charge in [-0.3, -0.25) is 0 Å². The van der Waals surface area contributed by atoms with E-state index in [1.54, 1.807) is 11.3 Å². The van der Waals surface area contributed by atoms with Crippen LogP contribution in [0.15, 0.2) is 0 Å². The van der Waals surface area contributed by atoms with Crippen LogP contribution in [0.1, 0.15) is 53.2 Å². The molecule has 2 saturated heterocycles. The summed E-state index contributed by atoms with van der Waals surface area (Å²) in [7, 11) is 1.86. The number of hydrogen-bond donors (Lipinski definition) is 0. The Morgan fingerprint density at radius 2 is 1.58 bits per heavy atom. The molecule has 0 aliphatic carbocycles. The van der Waals surface area contributed by atoms with Gasteiger partial charge in [0.25, 0.3) is 0 Å². The van der Waals surface area contributed by atoms with E-state index < -0.39 is 0 Å². The lowest BCUT2D eigenvalue weighted by molar-refractivity contribution is 0.00578. The van der Waals surface area contributed by atoms with Gasteiger partial charge in [0, 0.05) is 26.2 Å². The van der Waals surface area contributed by atoms with E-state index in [1.165, 1.54) is 0 Å². The highest BCUT2D eigenvalue weighted by Crippen LogP contribution is 2.38. The topological polar surface area (TPSA) is 37.8 Å². The highest BCUT2D eigenvalue weighted by atomic mass is 32.1. The van der Waals surface area contributed by atoms with Gasteiger partial charge in [-0.15, -0.1) is 11.3 Å². The molecule has 0 unspecified atom stereocenters. The van der Waals surface area contributed by atoms with Crippen molar-refractivity contribution in [3.63, 3.8) is 0 Å². The van der Waals surface area contributed by atoms with Crippen LogP contribution in [0.4, 0.5) is 5.13 Å². The van der Waals surface area contributed by atoms with Crippen LogP contribution >= 0.6 is 11.3 Å². The molecule has 0 atom stereocenters. The van der Waals surface area contributed by atoms with E-state index in [9.17, 15) is 0 Å². The van der Waals surface area contributed by atoms with Crippen LogP contribution in [0.25, 0.3) is 0 Å². The Morgan fingerprint density at radius 3 is 2.08 bits per heavy atom. The van der Waals surface area contributed by atoms with Crippen LogP contribution in [0.5, 0.6) is 0 Å². The molecule has 2 aliphatic heterocycles. The van der Waals surface area contributed by atoms with E-state index in [4.69, 9.17) is 14.3 Å². The monoisotopic (exact) mass is 351 g/mol. The van der Waals surface area contributed by atoms with Crippen molar-refractivity contribution in [3.8, 4) is 0 Å². The molecule has 0 saturated carbocycles. The number of anilines is 1. The summed E-state index contributed by atoms with van der Waals surface area (Å²) in [5, 5.41) is 1.11. The van der Waals surface area contributed by atoms with E-state index >= 15 is 0 Å². The van der Waals surface area contributed by atoms with Gasteiger partial charge in [-0.05, 0) is 40.7 Å². The second kappa shape index (κ2) is 6.27. The fourth-order valence-electron chi connectivity index (χ4n) is 3.00. The van der Waals surface area contributed by atoms with Crippen molar-refractivity contribution >= 4 is 28.4 Å². The Balaban J connectivity index is 1.88. The zero-order valence-corrected chi connectivity index (χ0v) is 16.9. The third-order valence-corrected chi connectivity index (χ3v) is 6.61. The van der Waals surface area contributed by atoms with Gasteiger partial charge in [0.05, 0.1) is 21.7 Å². The molecule has 0 radical (unpaired) electrons. The van der Waals surface area contributed by atoms with Gasteiger partial charge in [0.1, 0.15) is 0 Å². The normalized spacial score (nSPS) is 24.2. The van der Waals surface area contributed by atoms with Crippen LogP contribution < -0.4 is 9.68 Å². The van der Waals surface area contributed by atoms with E-state index in [0.717, 1.165) is 41.8 Å². The highest BCUT2D eigenvalue weighted by molar-refractivity contribution is 7.25. The minimum atomic E-state index is -0.316. The predicted molar refractivity (Wildman–Crippen MR) is 102 cm³/mol. The maximum atomic E-state index is 6.28. The fourth-order valence-corrected chi connectivity index (χ4v) is 4.23. The van der Waals surface area contributed by atoms with Crippen molar-refractivity contribution in [3.05, 3.63) is 5.69 Å². The summed E-state index contributed by atoms with van der Waals surface area (Å²) in [6.45, 7) is 17.0. The van der Waals surface area contributed by atoms with Crippen LogP contribution in [0.2, 0.25) is 0 Å². The van der Waals surface area contributed by atoms with E-state index in [2.05, 4.69) is 58.4 Å². The molecule has 0 N–H and O–H groups in total. The maximum absolute atomic E-state index is 6.28. The van der Waals surface area contributed by atoms with Crippen LogP contribution in [-0.2, 0) is 9.31 Å². The Kier molecular flexibility index (Phi) is 4.75. The third kappa shape index (κ3) is 3.23. The molecule has 2 aliphatic rings. The SMILES string of the molecule is CC(C)c1nc(N2CCN(C)CC2)sc1B1OC(C)(C)C(C)(C)O1. The molecule has 0 spiro atoms. The lowest BCUT2D eigenvalue weighted by atomic mass is 9.84. The zero-order chi connectivity index (χ0) is 17.7. The first kappa shape index (κ1) is 18.2. The second-order valence-electron chi connectivity index (χ2n) is 8.28. The van der Waals surface area contributed by atoms with Gasteiger partial charge >= 0.3 is 7.12 Å². The molecule has 2 fully saturated rings. The van der Waals surface area contributed by atoms with Crippen LogP contribution in [0.3, 0.4) is 0 Å². The second-order valence-corrected chi connectivity index (χ2v) is 9.29. The Labute approximate surface area is 150 Å². The zero-order valence-electron chi connectivity index (χ0n) is 16.0. The summed E-state index contributed by atoms with van der Waals surface area (Å²) in [5.74, 6) is 0.358. The standard InChI is InChI=1S/C17H30BN3O2S/c1-12(2)13-14(18-22-16(3,4)17(5,6)23-18)24-15(19-13)21-10-8-20(7)9-11-21/h12H,8-11H2,1-7H3. The van der Waals surface area contributed by atoms with Crippen molar-refractivity contribution in [2.45, 2.75) is 58.7 Å². The summed E-state index contributed by atoms with van der Waals surface area (Å²) < 4.78 is 13.7. The summed E-state index contributed by atoms with van der Waals surface area (Å²) in [6, 6.07) is 0. The molecular formula is C17H30BN3O2S. The first-order valence-electron chi connectivity index (χ1n) is 8.90. The van der Waals surface area contributed by atoms with Crippen molar-refractivity contribution in [1.29, 1.82) is 0 Å². The first-order chi connectivity index (χ1) is 11.1. The number of rotatable bonds is 3. The van der Waals surface area contributed by atoms with Crippen LogP contribution in [0, 0.1) is 0 Å². The number of aromatic nitrogens is 1. The van der Waals surface area contributed by atoms with E-state index in [-0.39, 0.29) is 18.3 Å². The lowest BCUT2D eigenvalue weighted by Gasteiger charge is -2.32. The molecule has 7 heteroatoms. The van der Waals surface area contributed by atoms with Crippen molar-refractivity contribution < 1.29 is 9.31 Å². The van der Waals surface area contributed by atoms with E-state index in [0.29, 0.717) is 5.92 Å². The largest absolute Gasteiger partial charge is 0.507 e. The third-order valence-electron chi connectivity index (χ3n) is 5.46. The minimum absolute atomic E-state index is 0.314. The summed E-state index contributed by atoms with van der Waals surface area (Å²) in [5.41, 5.74) is 0.487. The van der Waals surface area contributed by atoms with Crippen molar-refractivity contribution in [2.75, 3.05) is 38.1 Å². The van der Waals surface area contributed by atoms with Gasteiger partial charge in [0.2, 0.25) is 0 Å². The molecule has 0 amide bonds. The minimum Gasteiger partial charge on any atom is -0.399 e. The maximum Gasteiger partial charge on any atom is 0.507 e. The number of hydrogen-bond acceptors (Lipinski definition) is 6. The quantitative estimate of drug-likeness (QED) is 0.782. The molecular weight excluding hydrogens is 321 g/mol. The Morgan fingerprint density at radius 1 is 1.04 bits per heavy atom. The first-order valence-corrected chi connectivity index (χ1v) is 9.72. The molecule has 134 valence electrons. The van der Waals surface area contributed by atoms with Crippen molar-refractivity contribution in [1.82, 2.24) is 9.88 Å². The van der Waals surface area contributed by atoms with Crippen LogP contribution in [-0.4, -0.2) is 61.4 Å². The van der Waals surface area contributed by atoms with Gasteiger partial charge in [-0.25, -0.2) is 4.98 Å².